The summed E-state index contributed by atoms with van der Waals surface area (Å²) >= 11 is 0. The summed E-state index contributed by atoms with van der Waals surface area (Å²) in [6, 6.07) is 14.9. The molecule has 3 aromatic rings. The maximum Gasteiger partial charge on any atom is 0.252 e. The van der Waals surface area contributed by atoms with E-state index in [4.69, 9.17) is 0 Å². The topological polar surface area (TPSA) is 65.2 Å². The van der Waals surface area contributed by atoms with Gasteiger partial charge in [0.05, 0.1) is 0 Å². The van der Waals surface area contributed by atoms with E-state index in [-0.39, 0.29) is 11.8 Å². The van der Waals surface area contributed by atoms with E-state index < -0.39 is 6.04 Å². The second-order valence-electron chi connectivity index (χ2n) is 7.44. The highest BCUT2D eigenvalue weighted by Crippen LogP contribution is 2.21. The Morgan fingerprint density at radius 1 is 1.07 bits per heavy atom. The van der Waals surface area contributed by atoms with Gasteiger partial charge in [0.1, 0.15) is 6.04 Å². The molecule has 0 bridgehead atoms. The molecule has 5 heteroatoms. The van der Waals surface area contributed by atoms with Crippen LogP contribution in [0.4, 0.5) is 0 Å². The third kappa shape index (κ3) is 3.65. The molecule has 0 aliphatic carbocycles. The number of carbonyl (C=O) groups excluding carboxylic acids is 2. The molecular formula is C23H25N3O2. The normalized spacial score (nSPS) is 15.0. The van der Waals surface area contributed by atoms with Crippen molar-refractivity contribution in [3.8, 4) is 0 Å². The maximum absolute atomic E-state index is 13.2. The number of H-pyrrole nitrogens is 1. The first-order valence-electron chi connectivity index (χ1n) is 9.84. The van der Waals surface area contributed by atoms with Crippen molar-refractivity contribution in [3.05, 3.63) is 71.4 Å². The fraction of sp³-hybridized carbons (Fsp3) is 0.304. The third-order valence-electron chi connectivity index (χ3n) is 5.51. The van der Waals surface area contributed by atoms with Crippen LogP contribution in [0.3, 0.4) is 0 Å². The van der Waals surface area contributed by atoms with E-state index in [2.05, 4.69) is 10.3 Å². The van der Waals surface area contributed by atoms with Crippen LogP contribution in [0.15, 0.2) is 54.7 Å². The lowest BCUT2D eigenvalue weighted by Gasteiger charge is -2.24. The second kappa shape index (κ2) is 7.89. The van der Waals surface area contributed by atoms with Gasteiger partial charge in [0.15, 0.2) is 0 Å². The van der Waals surface area contributed by atoms with Gasteiger partial charge in [0.2, 0.25) is 5.91 Å². The van der Waals surface area contributed by atoms with E-state index in [1.807, 2.05) is 60.5 Å². The van der Waals surface area contributed by atoms with Crippen molar-refractivity contribution in [2.24, 2.45) is 0 Å². The summed E-state index contributed by atoms with van der Waals surface area (Å²) in [6.07, 6.45) is 4.46. The molecule has 0 saturated carbocycles. The van der Waals surface area contributed by atoms with Gasteiger partial charge < -0.3 is 15.2 Å². The van der Waals surface area contributed by atoms with Gasteiger partial charge in [0, 0.05) is 42.2 Å². The van der Waals surface area contributed by atoms with Crippen LogP contribution in [0.2, 0.25) is 0 Å². The van der Waals surface area contributed by atoms with E-state index in [1.165, 1.54) is 0 Å². The fourth-order valence-corrected chi connectivity index (χ4v) is 3.94. The maximum atomic E-state index is 13.2. The summed E-state index contributed by atoms with van der Waals surface area (Å²) < 4.78 is 0. The molecule has 2 heterocycles. The first kappa shape index (κ1) is 18.3. The monoisotopic (exact) mass is 375 g/mol. The molecule has 0 spiro atoms. The predicted molar refractivity (Wildman–Crippen MR) is 110 cm³/mol. The molecule has 28 heavy (non-hydrogen) atoms. The summed E-state index contributed by atoms with van der Waals surface area (Å²) in [5.74, 6) is -0.194. The number of hydrogen-bond acceptors (Lipinski definition) is 2. The zero-order valence-electron chi connectivity index (χ0n) is 16.1. The summed E-state index contributed by atoms with van der Waals surface area (Å²) in [5.41, 5.74) is 3.59. The zero-order chi connectivity index (χ0) is 19.5. The number of carbonyl (C=O) groups is 2. The number of aryl methyl sites for hydroxylation is 1. The van der Waals surface area contributed by atoms with Crippen LogP contribution in [0.25, 0.3) is 10.9 Å². The lowest BCUT2D eigenvalue weighted by atomic mass is 10.0. The highest BCUT2D eigenvalue weighted by atomic mass is 16.2. The average molecular weight is 375 g/mol. The molecule has 1 aromatic heterocycles. The Morgan fingerprint density at radius 3 is 2.57 bits per heavy atom. The number of nitrogens with one attached hydrogen (secondary N) is 2. The van der Waals surface area contributed by atoms with E-state index in [9.17, 15) is 9.59 Å². The number of nitrogens with zero attached hydrogens (tertiary/aromatic N) is 1. The molecule has 2 aromatic carbocycles. The van der Waals surface area contributed by atoms with Crippen LogP contribution in [-0.2, 0) is 11.2 Å². The van der Waals surface area contributed by atoms with Crippen LogP contribution >= 0.6 is 0 Å². The number of rotatable bonds is 5. The van der Waals surface area contributed by atoms with Crippen LogP contribution in [0.5, 0.6) is 0 Å². The van der Waals surface area contributed by atoms with Gasteiger partial charge in [-0.05, 0) is 43.0 Å². The summed E-state index contributed by atoms with van der Waals surface area (Å²) in [5, 5.41) is 4.10. The van der Waals surface area contributed by atoms with Gasteiger partial charge in [-0.1, -0.05) is 36.4 Å². The fourth-order valence-electron chi connectivity index (χ4n) is 3.94. The first-order valence-corrected chi connectivity index (χ1v) is 9.84. The number of likely N-dealkylation sites (tertiary alicyclic amines) is 1. The molecule has 1 aliphatic rings. The Kier molecular flexibility index (Phi) is 5.15. The summed E-state index contributed by atoms with van der Waals surface area (Å²) in [7, 11) is 0. The van der Waals surface area contributed by atoms with Crippen molar-refractivity contribution in [2.75, 3.05) is 13.1 Å². The molecule has 1 atom stereocenters. The minimum atomic E-state index is -0.579. The molecule has 5 nitrogen and oxygen atoms in total. The molecule has 1 saturated heterocycles. The van der Waals surface area contributed by atoms with Crippen molar-refractivity contribution in [2.45, 2.75) is 32.2 Å². The number of hydrogen-bond donors (Lipinski definition) is 2. The van der Waals surface area contributed by atoms with Gasteiger partial charge in [-0.2, -0.15) is 0 Å². The van der Waals surface area contributed by atoms with Crippen LogP contribution in [-0.4, -0.2) is 40.8 Å². The molecule has 0 radical (unpaired) electrons. The quantitative estimate of drug-likeness (QED) is 0.717. The third-order valence-corrected chi connectivity index (χ3v) is 5.51. The second-order valence-corrected chi connectivity index (χ2v) is 7.44. The lowest BCUT2D eigenvalue weighted by molar-refractivity contribution is -0.132. The van der Waals surface area contributed by atoms with Gasteiger partial charge >= 0.3 is 0 Å². The zero-order valence-corrected chi connectivity index (χ0v) is 16.1. The Morgan fingerprint density at radius 2 is 1.79 bits per heavy atom. The number of benzene rings is 2. The molecule has 1 aliphatic heterocycles. The largest absolute Gasteiger partial charge is 0.361 e. The van der Waals surface area contributed by atoms with Gasteiger partial charge in [0.25, 0.3) is 5.91 Å². The standard InChI is InChI=1S/C23H25N3O2/c1-16-8-2-3-9-18(16)22(27)25-21(23(28)26-12-6-7-13-26)14-17-15-24-20-11-5-4-10-19(17)20/h2-5,8-11,15,21,24H,6-7,12-14H2,1H3,(H,25,27)/t21-/m0/s1. The van der Waals surface area contributed by atoms with Crippen LogP contribution in [0, 0.1) is 6.92 Å². The Labute approximate surface area is 164 Å². The molecular weight excluding hydrogens is 350 g/mol. The van der Waals surface area contributed by atoms with E-state index in [0.29, 0.717) is 12.0 Å². The van der Waals surface area contributed by atoms with Gasteiger partial charge in [-0.3, -0.25) is 9.59 Å². The van der Waals surface area contributed by atoms with E-state index >= 15 is 0 Å². The number of fused-ring (bicyclic) bond motifs is 1. The first-order chi connectivity index (χ1) is 13.6. The molecule has 2 amide bonds. The minimum Gasteiger partial charge on any atom is -0.361 e. The molecule has 144 valence electrons. The van der Waals surface area contributed by atoms with Crippen molar-refractivity contribution >= 4 is 22.7 Å². The van der Waals surface area contributed by atoms with E-state index in [1.54, 1.807) is 6.07 Å². The summed E-state index contributed by atoms with van der Waals surface area (Å²) in [6.45, 7) is 3.44. The number of aromatic nitrogens is 1. The van der Waals surface area contributed by atoms with Crippen molar-refractivity contribution in [3.63, 3.8) is 0 Å². The Bertz CT molecular complexity index is 1000. The molecule has 1 fully saturated rings. The SMILES string of the molecule is Cc1ccccc1C(=O)N[C@@H](Cc1c[nH]c2ccccc12)C(=O)N1CCCC1. The van der Waals surface area contributed by atoms with Crippen molar-refractivity contribution in [1.82, 2.24) is 15.2 Å². The van der Waals surface area contributed by atoms with Gasteiger partial charge in [-0.15, -0.1) is 0 Å². The number of amides is 2. The van der Waals surface area contributed by atoms with Crippen molar-refractivity contribution in [1.29, 1.82) is 0 Å². The lowest BCUT2D eigenvalue weighted by Crippen LogP contribution is -2.49. The minimum absolute atomic E-state index is 0.00437. The molecule has 0 unspecified atom stereocenters. The van der Waals surface area contributed by atoms with Crippen LogP contribution < -0.4 is 5.32 Å². The highest BCUT2D eigenvalue weighted by molar-refractivity contribution is 5.99. The van der Waals surface area contributed by atoms with Gasteiger partial charge in [-0.25, -0.2) is 0 Å². The Balaban J connectivity index is 1.61. The highest BCUT2D eigenvalue weighted by Gasteiger charge is 2.29. The number of para-hydroxylation sites is 1. The van der Waals surface area contributed by atoms with Crippen molar-refractivity contribution < 1.29 is 9.59 Å². The van der Waals surface area contributed by atoms with E-state index in [0.717, 1.165) is 48.0 Å². The predicted octanol–water partition coefficient (Wildman–Crippen LogP) is 3.44. The molecule has 2 N–H and O–H groups in total. The smallest absolute Gasteiger partial charge is 0.252 e. The molecule has 4 rings (SSSR count). The average Bonchev–Trinajstić information content (AvgIpc) is 3.38. The summed E-state index contributed by atoms with van der Waals surface area (Å²) in [4.78, 5) is 31.2. The van der Waals surface area contributed by atoms with Crippen LogP contribution in [0.1, 0.15) is 34.3 Å². The Hall–Kier alpha value is -3.08. The number of aromatic amines is 1.